The van der Waals surface area contributed by atoms with Gasteiger partial charge in [-0.2, -0.15) is 0 Å². The molecule has 0 spiro atoms. The standard InChI is InChI=1S/C29H36N4O3/c1-35-27-11-10-22(21-28(27)36-2)12-14-30-29-31-15-13-26(32-29)24-8-5-7-23(19-24)20-25(34)9-6-18-33-16-3-4-17-33/h5,7-8,10-11,13,15,19,21H,3-4,6,9,12,14,16-18,20H2,1-2H3,(H,30,31,32). The molecule has 190 valence electrons. The van der Waals surface area contributed by atoms with E-state index in [9.17, 15) is 4.79 Å². The highest BCUT2D eigenvalue weighted by atomic mass is 16.5. The Kier molecular flexibility index (Phi) is 9.27. The van der Waals surface area contributed by atoms with Crippen LogP contribution in [-0.4, -0.2) is 61.0 Å². The predicted octanol–water partition coefficient (Wildman–Crippen LogP) is 4.80. The molecule has 1 N–H and O–H groups in total. The second-order valence-electron chi connectivity index (χ2n) is 9.20. The zero-order chi connectivity index (χ0) is 25.2. The molecule has 1 aromatic heterocycles. The first-order valence-electron chi connectivity index (χ1n) is 12.8. The van der Waals surface area contributed by atoms with E-state index in [1.54, 1.807) is 20.4 Å². The molecule has 1 saturated heterocycles. The summed E-state index contributed by atoms with van der Waals surface area (Å²) in [7, 11) is 3.27. The molecular formula is C29H36N4O3. The van der Waals surface area contributed by atoms with Gasteiger partial charge in [0.1, 0.15) is 5.78 Å². The van der Waals surface area contributed by atoms with Gasteiger partial charge in [0.2, 0.25) is 5.95 Å². The zero-order valence-corrected chi connectivity index (χ0v) is 21.3. The largest absolute Gasteiger partial charge is 0.493 e. The number of carbonyl (C=O) groups excluding carboxylic acids is 1. The van der Waals surface area contributed by atoms with Crippen molar-refractivity contribution in [3.8, 4) is 22.8 Å². The number of hydrogen-bond donors (Lipinski definition) is 1. The minimum Gasteiger partial charge on any atom is -0.493 e. The summed E-state index contributed by atoms with van der Waals surface area (Å²) in [6.07, 6.45) is 7.19. The van der Waals surface area contributed by atoms with Gasteiger partial charge in [-0.1, -0.05) is 24.3 Å². The highest BCUT2D eigenvalue weighted by Crippen LogP contribution is 2.27. The Bertz CT molecular complexity index is 1140. The molecule has 0 atom stereocenters. The summed E-state index contributed by atoms with van der Waals surface area (Å²) in [5.41, 5.74) is 3.99. The van der Waals surface area contributed by atoms with E-state index in [1.807, 2.05) is 42.5 Å². The van der Waals surface area contributed by atoms with Crippen LogP contribution in [0.3, 0.4) is 0 Å². The van der Waals surface area contributed by atoms with Gasteiger partial charge in [0, 0.05) is 31.1 Å². The van der Waals surface area contributed by atoms with Gasteiger partial charge in [0.15, 0.2) is 11.5 Å². The van der Waals surface area contributed by atoms with Crippen LogP contribution >= 0.6 is 0 Å². The number of methoxy groups -OCH3 is 2. The smallest absolute Gasteiger partial charge is 0.223 e. The number of rotatable bonds is 13. The summed E-state index contributed by atoms with van der Waals surface area (Å²) < 4.78 is 10.7. The van der Waals surface area contributed by atoms with Crippen molar-refractivity contribution in [1.29, 1.82) is 0 Å². The maximum Gasteiger partial charge on any atom is 0.223 e. The fourth-order valence-electron chi connectivity index (χ4n) is 4.62. The van der Waals surface area contributed by atoms with E-state index in [-0.39, 0.29) is 0 Å². The molecule has 0 saturated carbocycles. The number of hydrogen-bond acceptors (Lipinski definition) is 7. The van der Waals surface area contributed by atoms with Crippen LogP contribution in [0.25, 0.3) is 11.3 Å². The van der Waals surface area contributed by atoms with Crippen molar-refractivity contribution in [3.63, 3.8) is 0 Å². The lowest BCUT2D eigenvalue weighted by Crippen LogP contribution is -2.21. The van der Waals surface area contributed by atoms with Crippen molar-refractivity contribution in [1.82, 2.24) is 14.9 Å². The summed E-state index contributed by atoms with van der Waals surface area (Å²) in [4.78, 5) is 24.1. The molecule has 1 aliphatic rings. The summed E-state index contributed by atoms with van der Waals surface area (Å²) in [5, 5.41) is 3.31. The third kappa shape index (κ3) is 7.28. The average molecular weight is 489 g/mol. The first-order chi connectivity index (χ1) is 17.6. The van der Waals surface area contributed by atoms with Gasteiger partial charge in [0.05, 0.1) is 19.9 Å². The minimum absolute atomic E-state index is 0.298. The van der Waals surface area contributed by atoms with Gasteiger partial charge < -0.3 is 19.7 Å². The normalized spacial score (nSPS) is 13.5. The Balaban J connectivity index is 1.30. The van der Waals surface area contributed by atoms with Crippen LogP contribution < -0.4 is 14.8 Å². The minimum atomic E-state index is 0.298. The van der Waals surface area contributed by atoms with E-state index in [0.29, 0.717) is 31.1 Å². The van der Waals surface area contributed by atoms with Crippen molar-refractivity contribution in [2.75, 3.05) is 45.7 Å². The molecule has 7 heteroatoms. The van der Waals surface area contributed by atoms with Crippen molar-refractivity contribution < 1.29 is 14.3 Å². The number of Topliss-reactive ketones (excluding diaryl/α,β-unsaturated/α-hetero) is 1. The Morgan fingerprint density at radius 3 is 2.64 bits per heavy atom. The third-order valence-electron chi connectivity index (χ3n) is 6.55. The zero-order valence-electron chi connectivity index (χ0n) is 21.3. The summed E-state index contributed by atoms with van der Waals surface area (Å²) >= 11 is 0. The lowest BCUT2D eigenvalue weighted by molar-refractivity contribution is -0.118. The summed E-state index contributed by atoms with van der Waals surface area (Å²) in [6.45, 7) is 4.09. The van der Waals surface area contributed by atoms with E-state index in [0.717, 1.165) is 53.3 Å². The van der Waals surface area contributed by atoms with Gasteiger partial charge in [-0.15, -0.1) is 0 Å². The Labute approximate surface area is 213 Å². The van der Waals surface area contributed by atoms with Crippen molar-refractivity contribution in [2.24, 2.45) is 0 Å². The van der Waals surface area contributed by atoms with Gasteiger partial charge >= 0.3 is 0 Å². The first-order valence-corrected chi connectivity index (χ1v) is 12.8. The Morgan fingerprint density at radius 1 is 1.00 bits per heavy atom. The molecule has 4 rings (SSSR count). The van der Waals surface area contributed by atoms with Crippen LogP contribution in [0.15, 0.2) is 54.7 Å². The number of likely N-dealkylation sites (tertiary alicyclic amines) is 1. The SMILES string of the molecule is COc1ccc(CCNc2nccc(-c3cccc(CC(=O)CCCN4CCCC4)c3)n2)cc1OC. The number of nitrogens with zero attached hydrogens (tertiary/aromatic N) is 3. The van der Waals surface area contributed by atoms with Crippen LogP contribution in [-0.2, 0) is 17.6 Å². The van der Waals surface area contributed by atoms with Crippen molar-refractivity contribution in [2.45, 2.75) is 38.5 Å². The van der Waals surface area contributed by atoms with E-state index in [4.69, 9.17) is 14.5 Å². The maximum absolute atomic E-state index is 12.5. The van der Waals surface area contributed by atoms with Crippen molar-refractivity contribution in [3.05, 3.63) is 65.9 Å². The van der Waals surface area contributed by atoms with Crippen LogP contribution in [0.5, 0.6) is 11.5 Å². The molecule has 0 radical (unpaired) electrons. The number of carbonyl (C=O) groups is 1. The topological polar surface area (TPSA) is 76.6 Å². The van der Waals surface area contributed by atoms with Crippen LogP contribution in [0.4, 0.5) is 5.95 Å². The lowest BCUT2D eigenvalue weighted by Gasteiger charge is -2.13. The molecule has 2 heterocycles. The molecule has 7 nitrogen and oxygen atoms in total. The number of aromatic nitrogens is 2. The quantitative estimate of drug-likeness (QED) is 0.370. The van der Waals surface area contributed by atoms with E-state index in [2.05, 4.69) is 21.3 Å². The molecule has 0 aliphatic carbocycles. The molecule has 0 bridgehead atoms. The first kappa shape index (κ1) is 25.6. The molecule has 3 aromatic rings. The maximum atomic E-state index is 12.5. The number of ether oxygens (including phenoxy) is 2. The number of nitrogens with one attached hydrogen (secondary N) is 1. The molecule has 0 unspecified atom stereocenters. The lowest BCUT2D eigenvalue weighted by atomic mass is 10.0. The second-order valence-corrected chi connectivity index (χ2v) is 9.20. The summed E-state index contributed by atoms with van der Waals surface area (Å²) in [5.74, 6) is 2.32. The van der Waals surface area contributed by atoms with E-state index >= 15 is 0 Å². The highest BCUT2D eigenvalue weighted by molar-refractivity contribution is 5.81. The van der Waals surface area contributed by atoms with Crippen molar-refractivity contribution >= 4 is 11.7 Å². The van der Waals surface area contributed by atoms with E-state index in [1.165, 1.54) is 25.9 Å². The molecule has 1 aliphatic heterocycles. The average Bonchev–Trinajstić information content (AvgIpc) is 3.42. The van der Waals surface area contributed by atoms with E-state index < -0.39 is 0 Å². The number of ketones is 1. The number of benzene rings is 2. The number of anilines is 1. The van der Waals surface area contributed by atoms with Gasteiger partial charge in [-0.3, -0.25) is 4.79 Å². The van der Waals surface area contributed by atoms with Crippen LogP contribution in [0.1, 0.15) is 36.8 Å². The second kappa shape index (κ2) is 13.0. The monoisotopic (exact) mass is 488 g/mol. The van der Waals surface area contributed by atoms with Crippen LogP contribution in [0.2, 0.25) is 0 Å². The van der Waals surface area contributed by atoms with Crippen LogP contribution in [0, 0.1) is 0 Å². The van der Waals surface area contributed by atoms with Gasteiger partial charge in [-0.05, 0) is 80.7 Å². The molecule has 0 amide bonds. The predicted molar refractivity (Wildman–Crippen MR) is 143 cm³/mol. The molecule has 36 heavy (non-hydrogen) atoms. The highest BCUT2D eigenvalue weighted by Gasteiger charge is 2.12. The molecule has 1 fully saturated rings. The molecule has 2 aromatic carbocycles. The molecular weight excluding hydrogens is 452 g/mol. The fraction of sp³-hybridized carbons (Fsp3) is 0.414. The Hall–Kier alpha value is -3.45. The van der Waals surface area contributed by atoms with Gasteiger partial charge in [-0.25, -0.2) is 9.97 Å². The third-order valence-corrected chi connectivity index (χ3v) is 6.55. The Morgan fingerprint density at radius 2 is 1.83 bits per heavy atom. The summed E-state index contributed by atoms with van der Waals surface area (Å²) in [6, 6.07) is 15.9. The fourth-order valence-corrected chi connectivity index (χ4v) is 4.62. The van der Waals surface area contributed by atoms with Gasteiger partial charge in [0.25, 0.3) is 0 Å².